The van der Waals surface area contributed by atoms with E-state index in [4.69, 9.17) is 5.84 Å². The van der Waals surface area contributed by atoms with Gasteiger partial charge in [-0.3, -0.25) is 10.8 Å². The maximum atomic E-state index is 5.53. The van der Waals surface area contributed by atoms with Crippen molar-refractivity contribution in [3.63, 3.8) is 0 Å². The molecule has 1 aromatic heterocycles. The van der Waals surface area contributed by atoms with Gasteiger partial charge in [-0.1, -0.05) is 19.4 Å². The fourth-order valence-electron chi connectivity index (χ4n) is 1.97. The lowest BCUT2D eigenvalue weighted by Gasteiger charge is -2.08. The van der Waals surface area contributed by atoms with E-state index in [-0.39, 0.29) is 0 Å². The molecule has 0 radical (unpaired) electrons. The van der Waals surface area contributed by atoms with Crippen LogP contribution in [0.5, 0.6) is 0 Å². The number of hydrogen-bond donors (Lipinski definition) is 2. The van der Waals surface area contributed by atoms with E-state index in [1.165, 1.54) is 5.56 Å². The third kappa shape index (κ3) is 1.99. The number of pyridine rings is 1. The Hall–Kier alpha value is -1.61. The van der Waals surface area contributed by atoms with Crippen LogP contribution in [0.15, 0.2) is 24.3 Å². The molecule has 0 aliphatic carbocycles. The molecule has 3 N–H and O–H groups in total. The number of hydrogen-bond acceptors (Lipinski definition) is 3. The quantitative estimate of drug-likeness (QED) is 0.611. The van der Waals surface area contributed by atoms with Crippen LogP contribution in [0.25, 0.3) is 10.9 Å². The molecule has 0 saturated carbocycles. The molecule has 0 amide bonds. The van der Waals surface area contributed by atoms with Gasteiger partial charge in [-0.15, -0.1) is 0 Å². The third-order valence-electron chi connectivity index (χ3n) is 2.70. The first kappa shape index (κ1) is 10.9. The van der Waals surface area contributed by atoms with E-state index < -0.39 is 0 Å². The summed E-state index contributed by atoms with van der Waals surface area (Å²) in [5.41, 5.74) is 6.98. The Morgan fingerprint density at radius 3 is 2.81 bits per heavy atom. The number of anilines is 1. The maximum Gasteiger partial charge on any atom is 0.0726 e. The molecule has 0 aliphatic rings. The number of nitrogens with two attached hydrogens (primary N) is 1. The van der Waals surface area contributed by atoms with E-state index in [0.717, 1.165) is 35.1 Å². The Kier molecular flexibility index (Phi) is 3.06. The summed E-state index contributed by atoms with van der Waals surface area (Å²) in [5.74, 6) is 5.53. The van der Waals surface area contributed by atoms with Crippen molar-refractivity contribution < 1.29 is 0 Å². The van der Waals surface area contributed by atoms with Crippen molar-refractivity contribution in [2.24, 2.45) is 5.84 Å². The van der Waals surface area contributed by atoms with Gasteiger partial charge in [0.1, 0.15) is 0 Å². The molecule has 0 aliphatic heterocycles. The SMILES string of the molecule is CCCc1ccc2nc(C)cc(NN)c2c1. The molecule has 1 heterocycles. The first-order valence-electron chi connectivity index (χ1n) is 5.61. The average molecular weight is 215 g/mol. The lowest BCUT2D eigenvalue weighted by Crippen LogP contribution is -2.08. The molecule has 0 atom stereocenters. The van der Waals surface area contributed by atoms with E-state index in [2.05, 4.69) is 35.5 Å². The number of benzene rings is 1. The zero-order valence-electron chi connectivity index (χ0n) is 9.75. The first-order valence-corrected chi connectivity index (χ1v) is 5.61. The Morgan fingerprint density at radius 2 is 2.12 bits per heavy atom. The Labute approximate surface area is 95.7 Å². The minimum absolute atomic E-state index is 0.945. The molecule has 3 nitrogen and oxygen atoms in total. The van der Waals surface area contributed by atoms with Crippen LogP contribution in [-0.4, -0.2) is 4.98 Å². The van der Waals surface area contributed by atoms with Gasteiger partial charge >= 0.3 is 0 Å². The van der Waals surface area contributed by atoms with Crippen molar-refractivity contribution in [2.45, 2.75) is 26.7 Å². The molecule has 0 bridgehead atoms. The van der Waals surface area contributed by atoms with Gasteiger partial charge in [-0.05, 0) is 37.1 Å². The van der Waals surface area contributed by atoms with Crippen LogP contribution < -0.4 is 11.3 Å². The second-order valence-electron chi connectivity index (χ2n) is 4.06. The van der Waals surface area contributed by atoms with Gasteiger partial charge in [0.2, 0.25) is 0 Å². The summed E-state index contributed by atoms with van der Waals surface area (Å²) in [7, 11) is 0. The van der Waals surface area contributed by atoms with Crippen molar-refractivity contribution in [1.29, 1.82) is 0 Å². The van der Waals surface area contributed by atoms with Gasteiger partial charge < -0.3 is 5.43 Å². The van der Waals surface area contributed by atoms with Crippen LogP contribution in [0.2, 0.25) is 0 Å². The molecule has 84 valence electrons. The minimum atomic E-state index is 0.945. The maximum absolute atomic E-state index is 5.53. The van der Waals surface area contributed by atoms with E-state index in [0.29, 0.717) is 0 Å². The summed E-state index contributed by atoms with van der Waals surface area (Å²) in [6.45, 7) is 4.15. The molecule has 0 unspecified atom stereocenters. The predicted molar refractivity (Wildman–Crippen MR) is 68.3 cm³/mol. The van der Waals surface area contributed by atoms with E-state index in [1.807, 2.05) is 13.0 Å². The highest BCUT2D eigenvalue weighted by Crippen LogP contribution is 2.24. The summed E-state index contributed by atoms with van der Waals surface area (Å²) < 4.78 is 0. The summed E-state index contributed by atoms with van der Waals surface area (Å²) in [6.07, 6.45) is 2.24. The van der Waals surface area contributed by atoms with Crippen molar-refractivity contribution in [3.05, 3.63) is 35.5 Å². The molecule has 0 fully saturated rings. The highest BCUT2D eigenvalue weighted by molar-refractivity contribution is 5.91. The van der Waals surface area contributed by atoms with Gasteiger partial charge in [0, 0.05) is 11.1 Å². The van der Waals surface area contributed by atoms with Gasteiger partial charge in [0.15, 0.2) is 0 Å². The summed E-state index contributed by atoms with van der Waals surface area (Å²) in [4.78, 5) is 4.49. The number of aryl methyl sites for hydroxylation is 2. The second-order valence-corrected chi connectivity index (χ2v) is 4.06. The Morgan fingerprint density at radius 1 is 1.31 bits per heavy atom. The average Bonchev–Trinajstić information content (AvgIpc) is 2.29. The molecule has 16 heavy (non-hydrogen) atoms. The lowest BCUT2D eigenvalue weighted by atomic mass is 10.1. The minimum Gasteiger partial charge on any atom is -0.323 e. The number of hydrazine groups is 1. The van der Waals surface area contributed by atoms with Crippen LogP contribution in [0, 0.1) is 6.92 Å². The fraction of sp³-hybridized carbons (Fsp3) is 0.308. The highest BCUT2D eigenvalue weighted by Gasteiger charge is 2.03. The summed E-state index contributed by atoms with van der Waals surface area (Å²) in [6, 6.07) is 8.34. The third-order valence-corrected chi connectivity index (χ3v) is 2.70. The largest absolute Gasteiger partial charge is 0.323 e. The van der Waals surface area contributed by atoms with Crippen LogP contribution in [-0.2, 0) is 6.42 Å². The molecule has 3 heteroatoms. The second kappa shape index (κ2) is 4.49. The van der Waals surface area contributed by atoms with Gasteiger partial charge in [-0.2, -0.15) is 0 Å². The standard InChI is InChI=1S/C13H17N3/c1-3-4-10-5-6-12-11(8-10)13(16-14)7-9(2)15-12/h5-8H,3-4,14H2,1-2H3,(H,15,16). The number of nitrogens with one attached hydrogen (secondary N) is 1. The van der Waals surface area contributed by atoms with Gasteiger partial charge in [0.25, 0.3) is 0 Å². The number of aromatic nitrogens is 1. The van der Waals surface area contributed by atoms with Crippen LogP contribution in [0.3, 0.4) is 0 Å². The molecule has 0 saturated heterocycles. The van der Waals surface area contributed by atoms with Gasteiger partial charge in [-0.25, -0.2) is 0 Å². The Bertz CT molecular complexity index is 506. The topological polar surface area (TPSA) is 50.9 Å². The predicted octanol–water partition coefficient (Wildman–Crippen LogP) is 2.78. The molecule has 0 spiro atoms. The zero-order valence-corrected chi connectivity index (χ0v) is 9.75. The number of fused-ring (bicyclic) bond motifs is 1. The normalized spacial score (nSPS) is 10.7. The molecular formula is C13H17N3. The van der Waals surface area contributed by atoms with Crippen molar-refractivity contribution in [3.8, 4) is 0 Å². The monoisotopic (exact) mass is 215 g/mol. The highest BCUT2D eigenvalue weighted by atomic mass is 15.2. The zero-order chi connectivity index (χ0) is 11.5. The van der Waals surface area contributed by atoms with Crippen LogP contribution >= 0.6 is 0 Å². The summed E-state index contributed by atoms with van der Waals surface area (Å²) >= 11 is 0. The Balaban J connectivity index is 2.61. The van der Waals surface area contributed by atoms with Crippen molar-refractivity contribution in [1.82, 2.24) is 4.98 Å². The van der Waals surface area contributed by atoms with Crippen molar-refractivity contribution >= 4 is 16.6 Å². The van der Waals surface area contributed by atoms with Crippen LogP contribution in [0.4, 0.5) is 5.69 Å². The van der Waals surface area contributed by atoms with E-state index in [1.54, 1.807) is 0 Å². The van der Waals surface area contributed by atoms with Crippen LogP contribution in [0.1, 0.15) is 24.6 Å². The van der Waals surface area contributed by atoms with Gasteiger partial charge in [0.05, 0.1) is 11.2 Å². The first-order chi connectivity index (χ1) is 7.74. The summed E-state index contributed by atoms with van der Waals surface area (Å²) in [5, 5.41) is 1.10. The molecular weight excluding hydrogens is 198 g/mol. The number of nitrogens with zero attached hydrogens (tertiary/aromatic N) is 1. The fourth-order valence-corrected chi connectivity index (χ4v) is 1.97. The van der Waals surface area contributed by atoms with E-state index >= 15 is 0 Å². The van der Waals surface area contributed by atoms with Crippen molar-refractivity contribution in [2.75, 3.05) is 5.43 Å². The smallest absolute Gasteiger partial charge is 0.0726 e. The lowest BCUT2D eigenvalue weighted by molar-refractivity contribution is 0.923. The molecule has 1 aromatic carbocycles. The number of rotatable bonds is 3. The number of nitrogen functional groups attached to an aromatic ring is 1. The van der Waals surface area contributed by atoms with E-state index in [9.17, 15) is 0 Å². The molecule has 2 rings (SSSR count). The molecule has 2 aromatic rings.